The van der Waals surface area contributed by atoms with E-state index >= 15 is 0 Å². The van der Waals surface area contributed by atoms with Gasteiger partial charge in [-0.15, -0.1) is 13.2 Å². The van der Waals surface area contributed by atoms with E-state index in [1.807, 2.05) is 6.07 Å². The summed E-state index contributed by atoms with van der Waals surface area (Å²) in [5, 5.41) is 3.22. The lowest BCUT2D eigenvalue weighted by atomic mass is 9.76. The number of fused-ring (bicyclic) bond motifs is 4. The number of ether oxygens (including phenoxy) is 2. The van der Waals surface area contributed by atoms with Crippen LogP contribution in [0.2, 0.25) is 0 Å². The van der Waals surface area contributed by atoms with Crippen molar-refractivity contribution in [1.82, 2.24) is 10.2 Å². The van der Waals surface area contributed by atoms with Crippen LogP contribution in [0.3, 0.4) is 0 Å². The number of nitrogens with one attached hydrogen (secondary N) is 1. The van der Waals surface area contributed by atoms with Crippen molar-refractivity contribution >= 4 is 6.09 Å². The molecule has 0 aromatic heterocycles. The maximum Gasteiger partial charge on any atom is 0.573 e. The maximum absolute atomic E-state index is 13.0. The van der Waals surface area contributed by atoms with Crippen molar-refractivity contribution in [2.45, 2.75) is 57.0 Å². The Kier molecular flexibility index (Phi) is 5.47. The second kappa shape index (κ2) is 8.43. The highest BCUT2D eigenvalue weighted by Gasteiger charge is 2.53. The van der Waals surface area contributed by atoms with Crippen LogP contribution in [0.15, 0.2) is 42.5 Å². The quantitative estimate of drug-likeness (QED) is 0.590. The molecule has 3 aliphatic heterocycles. The number of benzene rings is 2. The number of rotatable bonds is 4. The van der Waals surface area contributed by atoms with E-state index in [0.29, 0.717) is 5.92 Å². The zero-order valence-corrected chi connectivity index (χ0v) is 19.4. The molecule has 1 N–H and O–H groups in total. The number of carbonyl (C=O) groups excluding carboxylic acids is 1. The van der Waals surface area contributed by atoms with Crippen LogP contribution < -0.4 is 10.1 Å². The summed E-state index contributed by atoms with van der Waals surface area (Å²) in [5.74, 6) is 0.232. The molecule has 2 aromatic carbocycles. The highest BCUT2D eigenvalue weighted by Crippen LogP contribution is 2.61. The summed E-state index contributed by atoms with van der Waals surface area (Å²) >= 11 is 0. The SMILES string of the molecule is O=C(NC1c2ccc(-c3ccc(OC(F)(F)F)cc3)cc2CCC12CC2)O[C@@H]1CN2CCC1CC2. The lowest BCUT2D eigenvalue weighted by Crippen LogP contribution is -2.53. The molecule has 35 heavy (non-hydrogen) atoms. The Labute approximate surface area is 202 Å². The topological polar surface area (TPSA) is 50.8 Å². The summed E-state index contributed by atoms with van der Waals surface area (Å²) in [4.78, 5) is 15.3. The molecule has 5 nitrogen and oxygen atoms in total. The molecule has 5 aliphatic rings. The van der Waals surface area contributed by atoms with Crippen LogP contribution in [-0.2, 0) is 11.2 Å². The smallest absolute Gasteiger partial charge is 0.445 e. The van der Waals surface area contributed by atoms with E-state index in [2.05, 4.69) is 27.1 Å². The minimum absolute atomic E-state index is 0.0256. The average Bonchev–Trinajstić information content (AvgIpc) is 3.61. The van der Waals surface area contributed by atoms with Crippen molar-refractivity contribution in [2.75, 3.05) is 19.6 Å². The molecule has 2 bridgehead atoms. The molecular weight excluding hydrogens is 457 g/mol. The van der Waals surface area contributed by atoms with Crippen LogP contribution in [0.4, 0.5) is 18.0 Å². The molecule has 1 spiro atoms. The van der Waals surface area contributed by atoms with Gasteiger partial charge in [0.2, 0.25) is 0 Å². The third-order valence-electron chi connectivity index (χ3n) is 8.39. The zero-order valence-electron chi connectivity index (χ0n) is 19.4. The minimum Gasteiger partial charge on any atom is -0.445 e. The van der Waals surface area contributed by atoms with Gasteiger partial charge >= 0.3 is 12.5 Å². The van der Waals surface area contributed by atoms with Gasteiger partial charge in [0.05, 0.1) is 6.04 Å². The summed E-state index contributed by atoms with van der Waals surface area (Å²) in [7, 11) is 0. The molecular formula is C27H29F3N2O3. The molecule has 4 fully saturated rings. The lowest BCUT2D eigenvalue weighted by molar-refractivity contribution is -0.274. The van der Waals surface area contributed by atoms with Gasteiger partial charge in [-0.25, -0.2) is 4.79 Å². The third-order valence-corrected chi connectivity index (χ3v) is 8.39. The molecule has 8 heteroatoms. The number of alkyl halides is 3. The fourth-order valence-corrected chi connectivity index (χ4v) is 6.25. The minimum atomic E-state index is -4.70. The normalized spacial score (nSPS) is 28.3. The fraction of sp³-hybridized carbons (Fsp3) is 0.519. The van der Waals surface area contributed by atoms with Gasteiger partial charge in [-0.2, -0.15) is 0 Å². The van der Waals surface area contributed by atoms with Gasteiger partial charge < -0.3 is 14.8 Å². The first-order chi connectivity index (χ1) is 16.8. The highest BCUT2D eigenvalue weighted by molar-refractivity contribution is 5.70. The van der Waals surface area contributed by atoms with Gasteiger partial charge in [-0.05, 0) is 97.3 Å². The van der Waals surface area contributed by atoms with E-state index in [-0.39, 0.29) is 29.4 Å². The third kappa shape index (κ3) is 4.60. The first kappa shape index (κ1) is 22.7. The molecule has 2 atom stereocenters. The predicted molar refractivity (Wildman–Crippen MR) is 124 cm³/mol. The summed E-state index contributed by atoms with van der Waals surface area (Å²) in [6.45, 7) is 3.04. The Morgan fingerprint density at radius 3 is 2.34 bits per heavy atom. The molecule has 0 radical (unpaired) electrons. The number of nitrogens with zero attached hydrogens (tertiary/aromatic N) is 1. The fourth-order valence-electron chi connectivity index (χ4n) is 6.25. The molecule has 2 aliphatic carbocycles. The maximum atomic E-state index is 13.0. The van der Waals surface area contributed by atoms with Gasteiger partial charge in [0, 0.05) is 6.54 Å². The second-order valence-corrected chi connectivity index (χ2v) is 10.5. The van der Waals surface area contributed by atoms with E-state index < -0.39 is 6.36 Å². The van der Waals surface area contributed by atoms with E-state index in [9.17, 15) is 18.0 Å². The van der Waals surface area contributed by atoms with E-state index in [4.69, 9.17) is 4.74 Å². The van der Waals surface area contributed by atoms with Gasteiger partial charge in [-0.1, -0.05) is 30.3 Å². The van der Waals surface area contributed by atoms with Crippen LogP contribution in [0, 0.1) is 11.3 Å². The number of piperidine rings is 3. The average molecular weight is 487 g/mol. The van der Waals surface area contributed by atoms with Crippen LogP contribution >= 0.6 is 0 Å². The second-order valence-electron chi connectivity index (χ2n) is 10.5. The Balaban J connectivity index is 1.18. The van der Waals surface area contributed by atoms with Gasteiger partial charge in [-0.3, -0.25) is 4.90 Å². The number of hydrogen-bond donors (Lipinski definition) is 1. The number of alkyl carbamates (subject to hydrolysis) is 1. The number of hydrogen-bond acceptors (Lipinski definition) is 4. The molecule has 1 amide bonds. The summed E-state index contributed by atoms with van der Waals surface area (Å²) in [6.07, 6.45) is 1.26. The zero-order chi connectivity index (χ0) is 24.2. The predicted octanol–water partition coefficient (Wildman–Crippen LogP) is 5.84. The van der Waals surface area contributed by atoms with Crippen LogP contribution in [0.5, 0.6) is 5.75 Å². The first-order valence-electron chi connectivity index (χ1n) is 12.5. The van der Waals surface area contributed by atoms with Gasteiger partial charge in [0.15, 0.2) is 0 Å². The Morgan fingerprint density at radius 1 is 1.00 bits per heavy atom. The highest BCUT2D eigenvalue weighted by atomic mass is 19.4. The number of aryl methyl sites for hydroxylation is 1. The van der Waals surface area contributed by atoms with Crippen molar-refractivity contribution in [2.24, 2.45) is 11.3 Å². The Morgan fingerprint density at radius 2 is 1.71 bits per heavy atom. The molecule has 3 saturated heterocycles. The molecule has 7 rings (SSSR count). The summed E-state index contributed by atoms with van der Waals surface area (Å²) in [5.41, 5.74) is 4.16. The molecule has 2 aromatic rings. The lowest BCUT2D eigenvalue weighted by Gasteiger charge is -2.44. The summed E-state index contributed by atoms with van der Waals surface area (Å²) < 4.78 is 47.3. The monoisotopic (exact) mass is 486 g/mol. The Hall–Kier alpha value is -2.74. The van der Waals surface area contributed by atoms with E-state index in [1.165, 1.54) is 17.7 Å². The number of carbonyl (C=O) groups is 1. The largest absolute Gasteiger partial charge is 0.573 e. The summed E-state index contributed by atoms with van der Waals surface area (Å²) in [6, 6.07) is 12.0. The van der Waals surface area contributed by atoms with Gasteiger partial charge in [0.1, 0.15) is 11.9 Å². The van der Waals surface area contributed by atoms with Crippen molar-refractivity contribution in [1.29, 1.82) is 0 Å². The molecule has 1 saturated carbocycles. The number of halogens is 3. The van der Waals surface area contributed by atoms with Crippen molar-refractivity contribution < 1.29 is 27.4 Å². The van der Waals surface area contributed by atoms with Crippen LogP contribution in [0.1, 0.15) is 49.3 Å². The van der Waals surface area contributed by atoms with Crippen molar-refractivity contribution in [3.63, 3.8) is 0 Å². The Bertz CT molecular complexity index is 1110. The molecule has 1 unspecified atom stereocenters. The van der Waals surface area contributed by atoms with Crippen molar-refractivity contribution in [3.05, 3.63) is 53.6 Å². The standard InChI is InChI=1S/C27H29F3N2O3/c28-27(29,30)35-21-4-1-17(2-5-21)19-3-6-22-20(15-19)7-10-26(11-12-26)24(22)31-25(33)34-23-16-32-13-8-18(23)9-14-32/h1-6,15,18,23-24H,7-14,16H2,(H,31,33)/t23-,24?/m1/s1. The number of amides is 1. The van der Waals surface area contributed by atoms with E-state index in [0.717, 1.165) is 74.8 Å². The first-order valence-corrected chi connectivity index (χ1v) is 12.5. The molecule has 3 heterocycles. The van der Waals surface area contributed by atoms with Crippen molar-refractivity contribution in [3.8, 4) is 16.9 Å². The van der Waals surface area contributed by atoms with Gasteiger partial charge in [0.25, 0.3) is 0 Å². The van der Waals surface area contributed by atoms with E-state index in [1.54, 1.807) is 12.1 Å². The molecule has 186 valence electrons. The van der Waals surface area contributed by atoms with Crippen LogP contribution in [-0.4, -0.2) is 43.1 Å². The van der Waals surface area contributed by atoms with Crippen LogP contribution in [0.25, 0.3) is 11.1 Å².